The zero-order valence-corrected chi connectivity index (χ0v) is 8.82. The lowest BCUT2D eigenvalue weighted by atomic mass is 10.0. The first-order valence-corrected chi connectivity index (χ1v) is 5.49. The molecule has 0 radical (unpaired) electrons. The van der Waals surface area contributed by atoms with Crippen LogP contribution < -0.4 is 0 Å². The van der Waals surface area contributed by atoms with Crippen molar-refractivity contribution in [1.82, 2.24) is 9.88 Å². The number of piperidine rings is 1. The zero-order valence-electron chi connectivity index (χ0n) is 8.82. The van der Waals surface area contributed by atoms with Crippen LogP contribution in [0.1, 0.15) is 31.7 Å². The molecule has 14 heavy (non-hydrogen) atoms. The number of hydrogen-bond donors (Lipinski definition) is 0. The third kappa shape index (κ3) is 2.32. The van der Waals surface area contributed by atoms with Crippen molar-refractivity contribution in [2.45, 2.75) is 38.8 Å². The predicted octanol–water partition coefficient (Wildman–Crippen LogP) is 2.46. The monoisotopic (exact) mass is 190 g/mol. The highest BCUT2D eigenvalue weighted by atomic mass is 15.2. The number of hydrogen-bond acceptors (Lipinski definition) is 2. The molecule has 1 aromatic heterocycles. The molecule has 1 fully saturated rings. The Kier molecular flexibility index (Phi) is 3.14. The van der Waals surface area contributed by atoms with E-state index in [-0.39, 0.29) is 0 Å². The van der Waals surface area contributed by atoms with E-state index in [2.05, 4.69) is 28.9 Å². The topological polar surface area (TPSA) is 16.1 Å². The molecule has 1 aliphatic rings. The highest BCUT2D eigenvalue weighted by Crippen LogP contribution is 2.18. The van der Waals surface area contributed by atoms with Crippen LogP contribution in [0.4, 0.5) is 0 Å². The molecule has 0 aliphatic carbocycles. The molecule has 0 saturated carbocycles. The van der Waals surface area contributed by atoms with Crippen LogP contribution in [0.15, 0.2) is 24.5 Å². The normalized spacial score (nSPS) is 23.6. The molecule has 1 aliphatic heterocycles. The fraction of sp³-hybridized carbons (Fsp3) is 0.583. The van der Waals surface area contributed by atoms with Gasteiger partial charge in [-0.05, 0) is 44.0 Å². The molecule has 2 rings (SSSR count). The fourth-order valence-electron chi connectivity index (χ4n) is 2.12. The van der Waals surface area contributed by atoms with Crippen molar-refractivity contribution < 1.29 is 0 Å². The zero-order chi connectivity index (χ0) is 9.80. The van der Waals surface area contributed by atoms with E-state index >= 15 is 0 Å². The minimum absolute atomic E-state index is 0.747. The average Bonchev–Trinajstić information content (AvgIpc) is 2.23. The van der Waals surface area contributed by atoms with E-state index in [0.717, 1.165) is 12.6 Å². The molecule has 2 nitrogen and oxygen atoms in total. The van der Waals surface area contributed by atoms with Crippen molar-refractivity contribution in [3.05, 3.63) is 30.1 Å². The van der Waals surface area contributed by atoms with Gasteiger partial charge in [-0.1, -0.05) is 6.42 Å². The molecule has 1 atom stereocenters. The van der Waals surface area contributed by atoms with E-state index in [1.165, 1.54) is 31.4 Å². The second kappa shape index (κ2) is 4.56. The maximum absolute atomic E-state index is 4.04. The van der Waals surface area contributed by atoms with E-state index < -0.39 is 0 Å². The minimum atomic E-state index is 0.747. The Morgan fingerprint density at radius 3 is 2.86 bits per heavy atom. The first-order valence-electron chi connectivity index (χ1n) is 5.49. The summed E-state index contributed by atoms with van der Waals surface area (Å²) >= 11 is 0. The van der Waals surface area contributed by atoms with Gasteiger partial charge >= 0.3 is 0 Å². The molecule has 0 spiro atoms. The molecule has 0 N–H and O–H groups in total. The van der Waals surface area contributed by atoms with E-state index in [9.17, 15) is 0 Å². The summed E-state index contributed by atoms with van der Waals surface area (Å²) in [6, 6.07) is 4.97. The van der Waals surface area contributed by atoms with Crippen molar-refractivity contribution in [3.63, 3.8) is 0 Å². The van der Waals surface area contributed by atoms with Gasteiger partial charge < -0.3 is 0 Å². The Balaban J connectivity index is 1.96. The van der Waals surface area contributed by atoms with Crippen LogP contribution in [0.2, 0.25) is 0 Å². The van der Waals surface area contributed by atoms with E-state index in [0.29, 0.717) is 0 Å². The number of rotatable bonds is 2. The molecule has 1 saturated heterocycles. The van der Waals surface area contributed by atoms with Crippen LogP contribution in [-0.4, -0.2) is 22.5 Å². The summed E-state index contributed by atoms with van der Waals surface area (Å²) in [5.74, 6) is 0. The van der Waals surface area contributed by atoms with Gasteiger partial charge in [0.15, 0.2) is 0 Å². The quantitative estimate of drug-likeness (QED) is 0.712. The highest BCUT2D eigenvalue weighted by molar-refractivity contribution is 5.09. The molecule has 0 aromatic carbocycles. The summed E-state index contributed by atoms with van der Waals surface area (Å²) in [6.07, 6.45) is 7.86. The first kappa shape index (κ1) is 9.66. The van der Waals surface area contributed by atoms with Crippen LogP contribution in [-0.2, 0) is 6.54 Å². The van der Waals surface area contributed by atoms with Gasteiger partial charge in [0.1, 0.15) is 0 Å². The number of likely N-dealkylation sites (tertiary alicyclic amines) is 1. The van der Waals surface area contributed by atoms with Gasteiger partial charge in [-0.25, -0.2) is 0 Å². The van der Waals surface area contributed by atoms with Crippen molar-refractivity contribution in [2.75, 3.05) is 6.54 Å². The Morgan fingerprint density at radius 2 is 2.14 bits per heavy atom. The molecular weight excluding hydrogens is 172 g/mol. The largest absolute Gasteiger partial charge is 0.296 e. The highest BCUT2D eigenvalue weighted by Gasteiger charge is 2.17. The third-order valence-electron chi connectivity index (χ3n) is 3.08. The molecule has 2 heteroatoms. The summed E-state index contributed by atoms with van der Waals surface area (Å²) < 4.78 is 0. The van der Waals surface area contributed by atoms with E-state index in [1.807, 2.05) is 12.4 Å². The third-order valence-corrected chi connectivity index (χ3v) is 3.08. The number of pyridine rings is 1. The molecule has 76 valence electrons. The van der Waals surface area contributed by atoms with E-state index in [1.54, 1.807) is 0 Å². The average molecular weight is 190 g/mol. The molecule has 0 amide bonds. The minimum Gasteiger partial charge on any atom is -0.296 e. The second-order valence-corrected chi connectivity index (χ2v) is 4.17. The van der Waals surface area contributed by atoms with Crippen LogP contribution >= 0.6 is 0 Å². The Morgan fingerprint density at radius 1 is 1.36 bits per heavy atom. The molecule has 2 heterocycles. The maximum atomic E-state index is 4.04. The lowest BCUT2D eigenvalue weighted by Crippen LogP contribution is -2.36. The van der Waals surface area contributed by atoms with Crippen LogP contribution in [0.3, 0.4) is 0 Å². The van der Waals surface area contributed by atoms with Crippen molar-refractivity contribution in [2.24, 2.45) is 0 Å². The van der Waals surface area contributed by atoms with Crippen LogP contribution in [0.25, 0.3) is 0 Å². The smallest absolute Gasteiger partial charge is 0.0271 e. The van der Waals surface area contributed by atoms with Crippen LogP contribution in [0, 0.1) is 0 Å². The molecular formula is C12H18N2. The predicted molar refractivity (Wildman–Crippen MR) is 58.0 cm³/mol. The lowest BCUT2D eigenvalue weighted by molar-refractivity contribution is 0.152. The van der Waals surface area contributed by atoms with Gasteiger partial charge in [0, 0.05) is 25.0 Å². The summed E-state index contributed by atoms with van der Waals surface area (Å²) in [7, 11) is 0. The van der Waals surface area contributed by atoms with Gasteiger partial charge in [-0.2, -0.15) is 0 Å². The number of aromatic nitrogens is 1. The summed E-state index contributed by atoms with van der Waals surface area (Å²) in [6.45, 7) is 4.67. The second-order valence-electron chi connectivity index (χ2n) is 4.17. The fourth-order valence-corrected chi connectivity index (χ4v) is 2.12. The van der Waals surface area contributed by atoms with E-state index in [4.69, 9.17) is 0 Å². The SMILES string of the molecule is CC1CCCCN1Cc1ccncc1. The summed E-state index contributed by atoms with van der Waals surface area (Å²) in [4.78, 5) is 6.61. The Labute approximate surface area is 86.0 Å². The summed E-state index contributed by atoms with van der Waals surface area (Å²) in [5.41, 5.74) is 1.38. The van der Waals surface area contributed by atoms with Gasteiger partial charge in [0.05, 0.1) is 0 Å². The standard InChI is InChI=1S/C12H18N2/c1-11-4-2-3-9-14(11)10-12-5-7-13-8-6-12/h5-8,11H,2-4,9-10H2,1H3. The van der Waals surface area contributed by atoms with Crippen molar-refractivity contribution in [3.8, 4) is 0 Å². The maximum Gasteiger partial charge on any atom is 0.0271 e. The van der Waals surface area contributed by atoms with Gasteiger partial charge in [0.2, 0.25) is 0 Å². The van der Waals surface area contributed by atoms with Gasteiger partial charge in [-0.15, -0.1) is 0 Å². The summed E-state index contributed by atoms with van der Waals surface area (Å²) in [5, 5.41) is 0. The Hall–Kier alpha value is -0.890. The number of nitrogens with zero attached hydrogens (tertiary/aromatic N) is 2. The van der Waals surface area contributed by atoms with Crippen LogP contribution in [0.5, 0.6) is 0 Å². The first-order chi connectivity index (χ1) is 6.86. The van der Waals surface area contributed by atoms with Gasteiger partial charge in [-0.3, -0.25) is 9.88 Å². The van der Waals surface area contributed by atoms with Gasteiger partial charge in [0.25, 0.3) is 0 Å². The molecule has 1 aromatic rings. The Bertz CT molecular complexity index is 271. The lowest BCUT2D eigenvalue weighted by Gasteiger charge is -2.33. The molecule has 1 unspecified atom stereocenters. The van der Waals surface area contributed by atoms with Crippen molar-refractivity contribution >= 4 is 0 Å². The molecule has 0 bridgehead atoms. The van der Waals surface area contributed by atoms with Crippen molar-refractivity contribution in [1.29, 1.82) is 0 Å².